The van der Waals surface area contributed by atoms with Crippen molar-refractivity contribution in [3.8, 4) is 11.3 Å². The van der Waals surface area contributed by atoms with Crippen LogP contribution in [0.3, 0.4) is 0 Å². The normalized spacial score (nSPS) is 13.7. The van der Waals surface area contributed by atoms with Crippen molar-refractivity contribution < 1.29 is 31.1 Å². The lowest BCUT2D eigenvalue weighted by Gasteiger charge is -2.12. The van der Waals surface area contributed by atoms with Crippen LogP contribution in [0.15, 0.2) is 56.5 Å². The van der Waals surface area contributed by atoms with Crippen molar-refractivity contribution in [1.82, 2.24) is 4.98 Å². The number of sulfone groups is 1. The first-order valence-electron chi connectivity index (χ1n) is 8.77. The zero-order valence-corrected chi connectivity index (χ0v) is 18.9. The number of aliphatic imine (C=N–C) groups is 1. The number of nitrogens with zero attached hydrogens (tertiary/aromatic N) is 1. The number of hydrogen-bond acceptors (Lipinski definition) is 6. The lowest BCUT2D eigenvalue weighted by atomic mass is 10.2. The third-order valence-corrected chi connectivity index (χ3v) is 5.85. The van der Waals surface area contributed by atoms with Gasteiger partial charge in [0.2, 0.25) is 0 Å². The number of allylic oxidation sites excluding steroid dienone is 2. The van der Waals surface area contributed by atoms with Crippen molar-refractivity contribution in [3.63, 3.8) is 0 Å². The van der Waals surface area contributed by atoms with E-state index in [0.717, 1.165) is 6.26 Å². The van der Waals surface area contributed by atoms with E-state index in [1.54, 1.807) is 25.1 Å². The summed E-state index contributed by atoms with van der Waals surface area (Å²) in [6.45, 7) is 1.15. The fourth-order valence-electron chi connectivity index (χ4n) is 2.47. The van der Waals surface area contributed by atoms with Crippen molar-refractivity contribution >= 4 is 37.4 Å². The van der Waals surface area contributed by atoms with Crippen molar-refractivity contribution in [2.45, 2.75) is 18.0 Å². The molecule has 0 aliphatic heterocycles. The highest BCUT2D eigenvalue weighted by Crippen LogP contribution is 2.30. The van der Waals surface area contributed by atoms with Crippen LogP contribution in [0.2, 0.25) is 0 Å². The van der Waals surface area contributed by atoms with Crippen molar-refractivity contribution in [2.24, 2.45) is 10.7 Å². The predicted octanol–water partition coefficient (Wildman–Crippen LogP) is 3.56. The fraction of sp³-hybridized carbons (Fsp3) is 0.263. The Bertz CT molecular complexity index is 1140. The molecule has 0 aliphatic carbocycles. The number of benzene rings is 1. The first-order chi connectivity index (χ1) is 14.3. The Morgan fingerprint density at radius 2 is 1.94 bits per heavy atom. The number of aromatic nitrogens is 1. The van der Waals surface area contributed by atoms with Crippen LogP contribution < -0.4 is 5.73 Å². The minimum Gasteiger partial charge on any atom is -0.465 e. The van der Waals surface area contributed by atoms with Gasteiger partial charge in [-0.1, -0.05) is 12.1 Å². The summed E-state index contributed by atoms with van der Waals surface area (Å²) in [6, 6.07) is 9.01. The first-order valence-corrected chi connectivity index (χ1v) is 11.5. The van der Waals surface area contributed by atoms with Crippen LogP contribution in [0.1, 0.15) is 12.6 Å². The number of esters is 1. The highest BCUT2D eigenvalue weighted by molar-refractivity contribution is 9.12. The summed E-state index contributed by atoms with van der Waals surface area (Å²) in [4.78, 5) is 18.6. The summed E-state index contributed by atoms with van der Waals surface area (Å²) in [5.41, 5.74) is 4.59. The van der Waals surface area contributed by atoms with Gasteiger partial charge in [0.05, 0.1) is 27.4 Å². The zero-order valence-electron chi connectivity index (χ0n) is 16.5. The molecule has 1 aromatic carbocycles. The predicted molar refractivity (Wildman–Crippen MR) is 114 cm³/mol. The summed E-state index contributed by atoms with van der Waals surface area (Å²) in [5, 5.41) is 0. The van der Waals surface area contributed by atoms with Crippen molar-refractivity contribution in [2.75, 3.05) is 19.4 Å². The quantitative estimate of drug-likeness (QED) is 0.427. The van der Waals surface area contributed by atoms with E-state index in [2.05, 4.69) is 25.9 Å². The zero-order chi connectivity index (χ0) is 23.4. The summed E-state index contributed by atoms with van der Waals surface area (Å²) in [6.07, 6.45) is -3.77. The molecule has 1 heterocycles. The van der Waals surface area contributed by atoms with Crippen LogP contribution in [0.5, 0.6) is 0 Å². The van der Waals surface area contributed by atoms with Crippen LogP contribution in [0.4, 0.5) is 13.2 Å². The number of nitrogens with one attached hydrogen (secondary N) is 1. The summed E-state index contributed by atoms with van der Waals surface area (Å²) < 4.78 is 67.1. The molecule has 0 atom stereocenters. The number of nitrogens with two attached hydrogens (primary N) is 1. The molecule has 7 nitrogen and oxygen atoms in total. The third kappa shape index (κ3) is 6.44. The summed E-state index contributed by atoms with van der Waals surface area (Å²) >= 11 is 2.83. The van der Waals surface area contributed by atoms with Gasteiger partial charge in [-0.15, -0.1) is 0 Å². The maximum absolute atomic E-state index is 13.1. The van der Waals surface area contributed by atoms with Crippen LogP contribution in [-0.2, 0) is 19.4 Å². The van der Waals surface area contributed by atoms with Crippen LogP contribution in [-0.4, -0.2) is 50.7 Å². The molecule has 31 heavy (non-hydrogen) atoms. The highest BCUT2D eigenvalue weighted by Gasteiger charge is 2.35. The van der Waals surface area contributed by atoms with Crippen LogP contribution >= 0.6 is 15.9 Å². The maximum atomic E-state index is 13.1. The van der Waals surface area contributed by atoms with Gasteiger partial charge in [0.1, 0.15) is 12.2 Å². The van der Waals surface area contributed by atoms with Crippen molar-refractivity contribution in [1.29, 1.82) is 0 Å². The smallest absolute Gasteiger partial charge is 0.431 e. The number of alkyl halides is 3. The lowest BCUT2D eigenvalue weighted by molar-refractivity contribution is -0.141. The number of hydrogen-bond donors (Lipinski definition) is 2. The van der Waals surface area contributed by atoms with E-state index in [-0.39, 0.29) is 22.9 Å². The number of ether oxygens (including phenoxy) is 1. The second-order valence-corrected chi connectivity index (χ2v) is 9.09. The molecule has 168 valence electrons. The SMILES string of the molecule is CCOC(=O)CN=C(/C(Br)=C(\N)C(F)(F)F)c1ccc(-c2cccc(S(C)(=O)=O)c2)[nH]1. The van der Waals surface area contributed by atoms with E-state index in [0.29, 0.717) is 11.3 Å². The number of aromatic amines is 1. The Kier molecular flexibility index (Phi) is 7.71. The topological polar surface area (TPSA) is 115 Å². The summed E-state index contributed by atoms with van der Waals surface area (Å²) in [7, 11) is -3.45. The van der Waals surface area contributed by atoms with Gasteiger partial charge in [-0.25, -0.2) is 8.42 Å². The molecule has 0 saturated heterocycles. The Balaban J connectivity index is 2.53. The fourth-order valence-corrected chi connectivity index (χ4v) is 3.70. The van der Waals surface area contributed by atoms with E-state index in [4.69, 9.17) is 10.5 Å². The average molecular weight is 522 g/mol. The molecule has 2 aromatic rings. The van der Waals surface area contributed by atoms with Gasteiger partial charge >= 0.3 is 12.1 Å². The minimum absolute atomic E-state index is 0.0831. The molecule has 0 saturated carbocycles. The molecule has 0 unspecified atom stereocenters. The monoisotopic (exact) mass is 521 g/mol. The number of carbonyl (C=O) groups excluding carboxylic acids is 1. The Morgan fingerprint density at radius 3 is 2.52 bits per heavy atom. The van der Waals surface area contributed by atoms with Gasteiger partial charge in [0.15, 0.2) is 9.84 Å². The lowest BCUT2D eigenvalue weighted by Crippen LogP contribution is -2.23. The van der Waals surface area contributed by atoms with Crippen molar-refractivity contribution in [3.05, 3.63) is 52.3 Å². The maximum Gasteiger partial charge on any atom is 0.431 e. The van der Waals surface area contributed by atoms with Gasteiger partial charge in [0, 0.05) is 11.9 Å². The van der Waals surface area contributed by atoms with Gasteiger partial charge in [-0.05, 0) is 52.7 Å². The molecule has 0 fully saturated rings. The molecule has 3 N–H and O–H groups in total. The van der Waals surface area contributed by atoms with E-state index in [9.17, 15) is 26.4 Å². The molecular formula is C19H19BrF3N3O4S. The average Bonchev–Trinajstić information content (AvgIpc) is 3.16. The van der Waals surface area contributed by atoms with Gasteiger partial charge in [-0.3, -0.25) is 9.79 Å². The van der Waals surface area contributed by atoms with E-state index >= 15 is 0 Å². The van der Waals surface area contributed by atoms with E-state index in [1.165, 1.54) is 18.2 Å². The molecule has 1 aromatic heterocycles. The largest absolute Gasteiger partial charge is 0.465 e. The van der Waals surface area contributed by atoms with Crippen LogP contribution in [0, 0.1) is 0 Å². The molecule has 0 radical (unpaired) electrons. The van der Waals surface area contributed by atoms with Gasteiger partial charge < -0.3 is 15.5 Å². The highest BCUT2D eigenvalue weighted by atomic mass is 79.9. The first kappa shape index (κ1) is 24.7. The molecule has 0 bridgehead atoms. The number of halogens is 4. The molecular weight excluding hydrogens is 503 g/mol. The van der Waals surface area contributed by atoms with E-state index in [1.807, 2.05) is 0 Å². The van der Waals surface area contributed by atoms with Gasteiger partial charge in [-0.2, -0.15) is 13.2 Å². The Hall–Kier alpha value is -2.60. The second-order valence-electron chi connectivity index (χ2n) is 6.28. The minimum atomic E-state index is -4.83. The molecule has 0 amide bonds. The standard InChI is InChI=1S/C19H19BrF3N3O4S/c1-3-30-15(27)10-25-17(16(20)18(24)19(21,22)23)14-8-7-13(26-14)11-5-4-6-12(9-11)31(2,28)29/h4-9,26H,3,10,24H2,1-2H3/b18-16+,25-17?. The Labute approximate surface area is 185 Å². The molecule has 12 heteroatoms. The van der Waals surface area contributed by atoms with Crippen LogP contribution in [0.25, 0.3) is 11.3 Å². The van der Waals surface area contributed by atoms with E-state index < -0.39 is 38.7 Å². The third-order valence-electron chi connectivity index (χ3n) is 3.94. The molecule has 0 aliphatic rings. The Morgan fingerprint density at radius 1 is 1.26 bits per heavy atom. The summed E-state index contributed by atoms with van der Waals surface area (Å²) in [5.74, 6) is -0.724. The molecule has 0 spiro atoms. The second kappa shape index (κ2) is 9.69. The molecule has 2 rings (SSSR count). The van der Waals surface area contributed by atoms with Gasteiger partial charge in [0.25, 0.3) is 0 Å². The number of rotatable bonds is 7. The number of carbonyl (C=O) groups is 1. The number of H-pyrrole nitrogens is 1.